The summed E-state index contributed by atoms with van der Waals surface area (Å²) in [5.74, 6) is 1.35. The van der Waals surface area contributed by atoms with Crippen molar-refractivity contribution in [2.24, 2.45) is 0 Å². The summed E-state index contributed by atoms with van der Waals surface area (Å²) in [5.41, 5.74) is 3.27. The number of H-pyrrole nitrogens is 1. The van der Waals surface area contributed by atoms with Crippen LogP contribution in [0.2, 0.25) is 5.02 Å². The molecule has 1 fully saturated rings. The van der Waals surface area contributed by atoms with Crippen molar-refractivity contribution in [3.05, 3.63) is 59.2 Å². The molecule has 0 saturated carbocycles. The quantitative estimate of drug-likeness (QED) is 0.364. The number of nitrogens with zero attached hydrogens (tertiary/aromatic N) is 5. The fraction of sp³-hybridized carbons (Fsp3) is 0.304. The maximum Gasteiger partial charge on any atom is 0.224 e. The number of halogens is 1. The summed E-state index contributed by atoms with van der Waals surface area (Å²) in [6, 6.07) is 13.6. The molecule has 1 aliphatic rings. The molecular formula is C23H25ClN8O. The van der Waals surface area contributed by atoms with Gasteiger partial charge in [-0.1, -0.05) is 29.8 Å². The highest BCUT2D eigenvalue weighted by atomic mass is 35.5. The lowest BCUT2D eigenvalue weighted by atomic mass is 10.2. The molecule has 33 heavy (non-hydrogen) atoms. The molecule has 0 aliphatic carbocycles. The monoisotopic (exact) mass is 464 g/mol. The van der Waals surface area contributed by atoms with E-state index in [1.165, 1.54) is 0 Å². The molecule has 1 aliphatic heterocycles. The van der Waals surface area contributed by atoms with Crippen LogP contribution >= 0.6 is 11.6 Å². The zero-order chi connectivity index (χ0) is 22.5. The number of rotatable bonds is 8. The highest BCUT2D eigenvalue weighted by molar-refractivity contribution is 6.30. The summed E-state index contributed by atoms with van der Waals surface area (Å²) in [7, 11) is 0. The number of pyridine rings is 1. The molecule has 0 unspecified atom stereocenters. The fourth-order valence-electron chi connectivity index (χ4n) is 3.70. The standard InChI is InChI=1S/C23H25ClN8O/c24-17-6-4-16(5-7-17)14-26-20-3-1-2-19(28-20)21-18-15-27-23(29-22(18)31-30-21)25-8-9-32-10-12-33-13-11-32/h1-7,15H,8-14H2,(H,26,28)(H2,25,27,29,30,31). The lowest BCUT2D eigenvalue weighted by Crippen LogP contribution is -2.39. The molecule has 0 spiro atoms. The van der Waals surface area contributed by atoms with Crippen LogP contribution in [0.5, 0.6) is 0 Å². The number of morpholine rings is 1. The van der Waals surface area contributed by atoms with E-state index in [9.17, 15) is 0 Å². The van der Waals surface area contributed by atoms with Gasteiger partial charge < -0.3 is 15.4 Å². The Labute approximate surface area is 196 Å². The number of hydrogen-bond acceptors (Lipinski definition) is 8. The van der Waals surface area contributed by atoms with Crippen molar-refractivity contribution in [1.82, 2.24) is 30.0 Å². The van der Waals surface area contributed by atoms with E-state index in [1.54, 1.807) is 6.20 Å². The van der Waals surface area contributed by atoms with E-state index in [0.29, 0.717) is 18.1 Å². The molecule has 3 N–H and O–H groups in total. The summed E-state index contributed by atoms with van der Waals surface area (Å²) in [6.45, 7) is 5.88. The van der Waals surface area contributed by atoms with Crippen molar-refractivity contribution >= 4 is 34.4 Å². The van der Waals surface area contributed by atoms with Crippen LogP contribution in [-0.4, -0.2) is 69.4 Å². The van der Waals surface area contributed by atoms with Crippen molar-refractivity contribution in [3.8, 4) is 11.4 Å². The van der Waals surface area contributed by atoms with Crippen LogP contribution in [0.25, 0.3) is 22.4 Å². The highest BCUT2D eigenvalue weighted by Crippen LogP contribution is 2.25. The lowest BCUT2D eigenvalue weighted by molar-refractivity contribution is 0.0398. The van der Waals surface area contributed by atoms with Crippen LogP contribution in [-0.2, 0) is 11.3 Å². The largest absolute Gasteiger partial charge is 0.379 e. The number of benzene rings is 1. The van der Waals surface area contributed by atoms with Crippen LogP contribution in [0, 0.1) is 0 Å². The van der Waals surface area contributed by atoms with E-state index in [2.05, 4.69) is 35.7 Å². The Kier molecular flexibility index (Phi) is 6.61. The first kappa shape index (κ1) is 21.6. The van der Waals surface area contributed by atoms with Gasteiger partial charge in [-0.05, 0) is 29.8 Å². The molecule has 170 valence electrons. The van der Waals surface area contributed by atoms with Gasteiger partial charge in [-0.2, -0.15) is 10.1 Å². The van der Waals surface area contributed by atoms with Gasteiger partial charge in [0.25, 0.3) is 0 Å². The average Bonchev–Trinajstić information content (AvgIpc) is 3.28. The maximum atomic E-state index is 5.96. The number of aromatic amines is 1. The van der Waals surface area contributed by atoms with Crippen LogP contribution in [0.15, 0.2) is 48.7 Å². The first-order valence-corrected chi connectivity index (χ1v) is 11.3. The number of fused-ring (bicyclic) bond motifs is 1. The summed E-state index contributed by atoms with van der Waals surface area (Å²) >= 11 is 5.96. The Hall–Kier alpha value is -3.27. The molecular weight excluding hydrogens is 440 g/mol. The van der Waals surface area contributed by atoms with E-state index >= 15 is 0 Å². The normalized spacial score (nSPS) is 14.5. The van der Waals surface area contributed by atoms with Gasteiger partial charge in [0.05, 0.1) is 24.3 Å². The second-order valence-corrected chi connectivity index (χ2v) is 8.23. The van der Waals surface area contributed by atoms with Crippen molar-refractivity contribution in [2.45, 2.75) is 6.54 Å². The predicted octanol–water partition coefficient (Wildman–Crippen LogP) is 3.42. The second kappa shape index (κ2) is 10.1. The lowest BCUT2D eigenvalue weighted by Gasteiger charge is -2.26. The van der Waals surface area contributed by atoms with E-state index in [4.69, 9.17) is 21.3 Å². The summed E-state index contributed by atoms with van der Waals surface area (Å²) in [4.78, 5) is 16.1. The Morgan fingerprint density at radius 1 is 1.03 bits per heavy atom. The number of anilines is 2. The number of hydrogen-bond donors (Lipinski definition) is 3. The van der Waals surface area contributed by atoms with Gasteiger partial charge in [-0.25, -0.2) is 9.97 Å². The smallest absolute Gasteiger partial charge is 0.224 e. The topological polar surface area (TPSA) is 104 Å². The Morgan fingerprint density at radius 2 is 1.88 bits per heavy atom. The SMILES string of the molecule is Clc1ccc(CNc2cccc(-c3n[nH]c4nc(NCCN5CCOCC5)ncc34)n2)cc1. The van der Waals surface area contributed by atoms with Gasteiger partial charge in [0, 0.05) is 43.9 Å². The molecule has 5 rings (SSSR count). The highest BCUT2D eigenvalue weighted by Gasteiger charge is 2.13. The van der Waals surface area contributed by atoms with Gasteiger partial charge in [-0.15, -0.1) is 0 Å². The Bertz CT molecular complexity index is 1210. The number of aromatic nitrogens is 5. The summed E-state index contributed by atoms with van der Waals surface area (Å²) in [5, 5.41) is 15.6. The Morgan fingerprint density at radius 3 is 2.73 bits per heavy atom. The molecule has 0 bridgehead atoms. The molecule has 9 nitrogen and oxygen atoms in total. The molecule has 1 saturated heterocycles. The molecule has 0 atom stereocenters. The zero-order valence-electron chi connectivity index (χ0n) is 18.1. The van der Waals surface area contributed by atoms with Crippen LogP contribution in [0.4, 0.5) is 11.8 Å². The third kappa shape index (κ3) is 5.39. The summed E-state index contributed by atoms with van der Waals surface area (Å²) in [6.07, 6.45) is 1.79. The minimum Gasteiger partial charge on any atom is -0.379 e. The molecule has 0 radical (unpaired) electrons. The molecule has 4 aromatic rings. The van der Waals surface area contributed by atoms with E-state index in [-0.39, 0.29) is 0 Å². The van der Waals surface area contributed by atoms with Crippen LogP contribution in [0.1, 0.15) is 5.56 Å². The van der Waals surface area contributed by atoms with Crippen molar-refractivity contribution in [3.63, 3.8) is 0 Å². The van der Waals surface area contributed by atoms with Gasteiger partial charge in [0.2, 0.25) is 5.95 Å². The first-order valence-electron chi connectivity index (χ1n) is 11.0. The summed E-state index contributed by atoms with van der Waals surface area (Å²) < 4.78 is 5.39. The second-order valence-electron chi connectivity index (χ2n) is 7.80. The first-order chi connectivity index (χ1) is 16.2. The number of nitrogens with one attached hydrogen (secondary N) is 3. The molecule has 0 amide bonds. The third-order valence-corrected chi connectivity index (χ3v) is 5.76. The van der Waals surface area contributed by atoms with Gasteiger partial charge in [0.1, 0.15) is 11.5 Å². The van der Waals surface area contributed by atoms with E-state index in [1.807, 2.05) is 42.5 Å². The van der Waals surface area contributed by atoms with Crippen molar-refractivity contribution in [2.75, 3.05) is 50.0 Å². The van der Waals surface area contributed by atoms with E-state index in [0.717, 1.165) is 72.6 Å². The van der Waals surface area contributed by atoms with Crippen molar-refractivity contribution in [1.29, 1.82) is 0 Å². The fourth-order valence-corrected chi connectivity index (χ4v) is 3.83. The molecule has 3 aromatic heterocycles. The predicted molar refractivity (Wildman–Crippen MR) is 129 cm³/mol. The zero-order valence-corrected chi connectivity index (χ0v) is 18.8. The number of ether oxygens (including phenoxy) is 1. The molecule has 1 aromatic carbocycles. The van der Waals surface area contributed by atoms with Gasteiger partial charge in [-0.3, -0.25) is 10.00 Å². The Balaban J connectivity index is 1.24. The molecule has 10 heteroatoms. The van der Waals surface area contributed by atoms with Gasteiger partial charge in [0.15, 0.2) is 5.65 Å². The van der Waals surface area contributed by atoms with Crippen LogP contribution < -0.4 is 10.6 Å². The minimum atomic E-state index is 0.581. The van der Waals surface area contributed by atoms with Crippen molar-refractivity contribution < 1.29 is 4.74 Å². The molecule has 4 heterocycles. The third-order valence-electron chi connectivity index (χ3n) is 5.51. The minimum absolute atomic E-state index is 0.581. The van der Waals surface area contributed by atoms with E-state index < -0.39 is 0 Å². The van der Waals surface area contributed by atoms with Gasteiger partial charge >= 0.3 is 0 Å². The average molecular weight is 465 g/mol. The maximum absolute atomic E-state index is 5.96. The van der Waals surface area contributed by atoms with Crippen LogP contribution in [0.3, 0.4) is 0 Å².